The molecule has 1 aromatic heterocycles. The first kappa shape index (κ1) is 21.1. The lowest BCUT2D eigenvalue weighted by molar-refractivity contribution is 0.0956. The van der Waals surface area contributed by atoms with Crippen LogP contribution in [0.25, 0.3) is 22.2 Å². The average Bonchev–Trinajstić information content (AvgIpc) is 2.83. The van der Waals surface area contributed by atoms with Gasteiger partial charge in [0.15, 0.2) is 0 Å². The molecule has 0 bridgehead atoms. The number of para-hydroxylation sites is 1. The summed E-state index contributed by atoms with van der Waals surface area (Å²) in [5.41, 5.74) is 7.26. The summed E-state index contributed by atoms with van der Waals surface area (Å²) in [6, 6.07) is 21.5. The van der Waals surface area contributed by atoms with Crippen molar-refractivity contribution in [3.8, 4) is 22.8 Å². The van der Waals surface area contributed by atoms with Crippen LogP contribution in [0, 0.1) is 0 Å². The lowest BCUT2D eigenvalue weighted by atomic mass is 10.0. The predicted octanol–water partition coefficient (Wildman–Crippen LogP) is 5.03. The van der Waals surface area contributed by atoms with Gasteiger partial charge in [0.1, 0.15) is 11.5 Å². The van der Waals surface area contributed by atoms with Crippen molar-refractivity contribution in [3.05, 3.63) is 89.5 Å². The Labute approximate surface area is 185 Å². The summed E-state index contributed by atoms with van der Waals surface area (Å²) in [5, 5.41) is 24.5. The molecule has 6 heteroatoms. The summed E-state index contributed by atoms with van der Waals surface area (Å²) >= 11 is 0. The van der Waals surface area contributed by atoms with Gasteiger partial charge in [-0.3, -0.25) is 4.79 Å². The Morgan fingerprint density at radius 2 is 1.72 bits per heavy atom. The molecule has 0 radical (unpaired) electrons. The van der Waals surface area contributed by atoms with E-state index in [9.17, 15) is 15.0 Å². The van der Waals surface area contributed by atoms with Gasteiger partial charge in [-0.15, -0.1) is 0 Å². The second-order valence-electron chi connectivity index (χ2n) is 7.46. The van der Waals surface area contributed by atoms with E-state index in [1.54, 1.807) is 13.0 Å². The number of aromatic nitrogens is 1. The first-order valence-corrected chi connectivity index (χ1v) is 10.3. The lowest BCUT2D eigenvalue weighted by Crippen LogP contribution is -2.20. The van der Waals surface area contributed by atoms with Crippen LogP contribution in [0.2, 0.25) is 0 Å². The van der Waals surface area contributed by atoms with Gasteiger partial charge in [-0.25, -0.2) is 10.4 Å². The van der Waals surface area contributed by atoms with E-state index in [0.717, 1.165) is 12.0 Å². The van der Waals surface area contributed by atoms with Crippen LogP contribution in [0.4, 0.5) is 0 Å². The Hall–Kier alpha value is -4.19. The molecule has 0 aliphatic heterocycles. The summed E-state index contributed by atoms with van der Waals surface area (Å²) < 4.78 is 0. The van der Waals surface area contributed by atoms with Gasteiger partial charge in [0.2, 0.25) is 0 Å². The van der Waals surface area contributed by atoms with E-state index in [0.29, 0.717) is 33.4 Å². The smallest absolute Gasteiger partial charge is 0.272 e. The molecule has 0 aliphatic rings. The van der Waals surface area contributed by atoms with Crippen LogP contribution >= 0.6 is 0 Å². The zero-order valence-corrected chi connectivity index (χ0v) is 17.8. The van der Waals surface area contributed by atoms with Crippen molar-refractivity contribution in [3.63, 3.8) is 0 Å². The Balaban J connectivity index is 1.70. The average molecular weight is 425 g/mol. The van der Waals surface area contributed by atoms with Crippen molar-refractivity contribution in [2.75, 3.05) is 0 Å². The Bertz CT molecular complexity index is 1330. The van der Waals surface area contributed by atoms with Gasteiger partial charge >= 0.3 is 0 Å². The van der Waals surface area contributed by atoms with Crippen molar-refractivity contribution in [2.24, 2.45) is 5.10 Å². The zero-order chi connectivity index (χ0) is 22.7. The molecule has 32 heavy (non-hydrogen) atoms. The number of phenols is 2. The highest BCUT2D eigenvalue weighted by Gasteiger charge is 2.14. The highest BCUT2D eigenvalue weighted by Crippen LogP contribution is 2.26. The normalized spacial score (nSPS) is 11.5. The third-order valence-electron chi connectivity index (χ3n) is 5.31. The number of nitrogens with one attached hydrogen (secondary N) is 1. The number of aromatic hydroxyl groups is 2. The van der Waals surface area contributed by atoms with Crippen LogP contribution < -0.4 is 5.43 Å². The van der Waals surface area contributed by atoms with Crippen LogP contribution in [0.3, 0.4) is 0 Å². The second kappa shape index (κ2) is 8.89. The number of fused-ring (bicyclic) bond motifs is 1. The number of hydrogen-bond donors (Lipinski definition) is 3. The molecule has 6 nitrogen and oxygen atoms in total. The molecule has 0 atom stereocenters. The number of phenolic OH excluding ortho intramolecular Hbond substituents is 2. The molecular formula is C26H23N3O3. The Morgan fingerprint density at radius 1 is 0.969 bits per heavy atom. The minimum Gasteiger partial charge on any atom is -0.508 e. The second-order valence-corrected chi connectivity index (χ2v) is 7.46. The number of hydrogen-bond acceptors (Lipinski definition) is 5. The van der Waals surface area contributed by atoms with Crippen LogP contribution in [0.1, 0.15) is 35.3 Å². The monoisotopic (exact) mass is 425 g/mol. The van der Waals surface area contributed by atoms with E-state index in [-0.39, 0.29) is 11.5 Å². The fourth-order valence-corrected chi connectivity index (χ4v) is 3.49. The molecule has 4 aromatic rings. The van der Waals surface area contributed by atoms with Gasteiger partial charge in [-0.1, -0.05) is 49.4 Å². The third-order valence-corrected chi connectivity index (χ3v) is 5.31. The molecule has 0 fully saturated rings. The maximum absolute atomic E-state index is 13.1. The summed E-state index contributed by atoms with van der Waals surface area (Å²) in [6.07, 6.45) is 0.950. The predicted molar refractivity (Wildman–Crippen MR) is 126 cm³/mol. The van der Waals surface area contributed by atoms with Gasteiger partial charge < -0.3 is 10.2 Å². The number of carbonyl (C=O) groups excluding carboxylic acids is 1. The summed E-state index contributed by atoms with van der Waals surface area (Å²) in [4.78, 5) is 17.8. The molecule has 0 saturated carbocycles. The van der Waals surface area contributed by atoms with E-state index in [1.165, 1.54) is 23.8 Å². The quantitative estimate of drug-likeness (QED) is 0.237. The van der Waals surface area contributed by atoms with Crippen LogP contribution in [-0.2, 0) is 6.42 Å². The van der Waals surface area contributed by atoms with Crippen LogP contribution in [-0.4, -0.2) is 26.8 Å². The number of benzene rings is 3. The number of hydrazone groups is 1. The first-order valence-electron chi connectivity index (χ1n) is 10.3. The number of aryl methyl sites for hydroxylation is 1. The third kappa shape index (κ3) is 4.30. The van der Waals surface area contributed by atoms with Crippen molar-refractivity contribution < 1.29 is 15.0 Å². The minimum atomic E-state index is -0.394. The van der Waals surface area contributed by atoms with Gasteiger partial charge in [0.05, 0.1) is 22.5 Å². The molecule has 4 rings (SSSR count). The fourth-order valence-electron chi connectivity index (χ4n) is 3.49. The number of pyridine rings is 1. The first-order chi connectivity index (χ1) is 15.5. The van der Waals surface area contributed by atoms with Crippen molar-refractivity contribution >= 4 is 22.5 Å². The number of nitrogens with zero attached hydrogens (tertiary/aromatic N) is 2. The zero-order valence-electron chi connectivity index (χ0n) is 17.8. The highest BCUT2D eigenvalue weighted by atomic mass is 16.3. The fraction of sp³-hybridized carbons (Fsp3) is 0.115. The molecule has 0 spiro atoms. The summed E-state index contributed by atoms with van der Waals surface area (Å²) in [7, 11) is 0. The van der Waals surface area contributed by atoms with Gasteiger partial charge in [-0.2, -0.15) is 5.10 Å². The molecule has 160 valence electrons. The summed E-state index contributed by atoms with van der Waals surface area (Å²) in [6.45, 7) is 3.74. The van der Waals surface area contributed by atoms with E-state index < -0.39 is 5.91 Å². The Kier molecular flexibility index (Phi) is 5.85. The van der Waals surface area contributed by atoms with Gasteiger partial charge in [0, 0.05) is 16.5 Å². The van der Waals surface area contributed by atoms with Crippen molar-refractivity contribution in [1.82, 2.24) is 10.4 Å². The van der Waals surface area contributed by atoms with Crippen molar-refractivity contribution in [1.29, 1.82) is 0 Å². The number of carbonyl (C=O) groups is 1. The van der Waals surface area contributed by atoms with Crippen molar-refractivity contribution in [2.45, 2.75) is 20.3 Å². The molecule has 0 unspecified atom stereocenters. The standard InChI is InChI=1S/C26H23N3O3/c1-3-17-8-10-18(11-9-17)24-15-22(20-6-4-5-7-23(20)27-24)26(32)29-28-16(2)21-14-19(30)12-13-25(21)31/h4-15,30-31H,3H2,1-2H3,(H,29,32)/b28-16-. The molecule has 0 saturated heterocycles. The Morgan fingerprint density at radius 3 is 2.47 bits per heavy atom. The highest BCUT2D eigenvalue weighted by molar-refractivity contribution is 6.08. The lowest BCUT2D eigenvalue weighted by Gasteiger charge is -2.10. The van der Waals surface area contributed by atoms with Gasteiger partial charge in [0.25, 0.3) is 5.91 Å². The maximum Gasteiger partial charge on any atom is 0.272 e. The largest absolute Gasteiger partial charge is 0.508 e. The molecule has 1 amide bonds. The number of amides is 1. The molecule has 1 heterocycles. The van der Waals surface area contributed by atoms with E-state index in [1.807, 2.05) is 36.4 Å². The maximum atomic E-state index is 13.1. The summed E-state index contributed by atoms with van der Waals surface area (Å²) in [5.74, 6) is -0.433. The minimum absolute atomic E-state index is 0.00228. The molecular weight excluding hydrogens is 402 g/mol. The topological polar surface area (TPSA) is 94.8 Å². The van der Waals surface area contributed by atoms with Gasteiger partial charge in [-0.05, 0) is 49.2 Å². The molecule has 0 aliphatic carbocycles. The SMILES string of the molecule is CCc1ccc(-c2cc(C(=O)N/N=C(/C)c3cc(O)ccc3O)c3ccccc3n2)cc1. The number of rotatable bonds is 5. The van der Waals surface area contributed by atoms with Crippen LogP contribution in [0.5, 0.6) is 11.5 Å². The van der Waals surface area contributed by atoms with E-state index >= 15 is 0 Å². The van der Waals surface area contributed by atoms with Crippen LogP contribution in [0.15, 0.2) is 77.9 Å². The van der Waals surface area contributed by atoms with E-state index in [2.05, 4.69) is 29.6 Å². The molecule has 3 aromatic carbocycles. The van der Waals surface area contributed by atoms with E-state index in [4.69, 9.17) is 4.98 Å². The molecule has 3 N–H and O–H groups in total.